The van der Waals surface area contributed by atoms with Gasteiger partial charge in [0.2, 0.25) is 0 Å². The molecule has 0 aliphatic heterocycles. The Morgan fingerprint density at radius 3 is 2.46 bits per heavy atom. The lowest BCUT2D eigenvalue weighted by Crippen LogP contribution is -2.36. The fraction of sp³-hybridized carbons (Fsp3) is 0.286. The minimum atomic E-state index is -0.521. The van der Waals surface area contributed by atoms with Gasteiger partial charge >= 0.3 is 5.97 Å². The number of carbonyl (C=O) groups excluding carboxylic acids is 1. The third-order valence-corrected chi connectivity index (χ3v) is 4.17. The van der Waals surface area contributed by atoms with Crippen LogP contribution in [0.5, 0.6) is 0 Å². The zero-order valence-corrected chi connectivity index (χ0v) is 14.6. The van der Waals surface area contributed by atoms with Gasteiger partial charge in [-0.1, -0.05) is 42.5 Å². The molecule has 0 saturated carbocycles. The number of ether oxygens (including phenoxy) is 1. The van der Waals surface area contributed by atoms with Crippen molar-refractivity contribution in [3.63, 3.8) is 0 Å². The van der Waals surface area contributed by atoms with Crippen molar-refractivity contribution in [1.29, 1.82) is 0 Å². The maximum absolute atomic E-state index is 12.5. The van der Waals surface area contributed by atoms with E-state index in [1.807, 2.05) is 55.5 Å². The van der Waals surface area contributed by atoms with Crippen molar-refractivity contribution in [3.05, 3.63) is 77.9 Å². The molecular formula is C21H25NO2. The molecule has 2 atom stereocenters. The molecular weight excluding hydrogens is 298 g/mol. The topological polar surface area (TPSA) is 38.3 Å². The van der Waals surface area contributed by atoms with Crippen LogP contribution in [-0.4, -0.2) is 18.6 Å². The van der Waals surface area contributed by atoms with Crippen molar-refractivity contribution in [1.82, 2.24) is 0 Å². The molecule has 2 rings (SSSR count). The van der Waals surface area contributed by atoms with Gasteiger partial charge in [-0.05, 0) is 49.6 Å². The number of anilines is 1. The van der Waals surface area contributed by atoms with Gasteiger partial charge < -0.3 is 10.1 Å². The van der Waals surface area contributed by atoms with E-state index in [0.717, 1.165) is 11.3 Å². The Kier molecular flexibility index (Phi) is 6.19. The van der Waals surface area contributed by atoms with Crippen LogP contribution in [0, 0.1) is 13.8 Å². The Labute approximate surface area is 144 Å². The summed E-state index contributed by atoms with van der Waals surface area (Å²) in [6.07, 6.45) is 1.80. The number of aryl methyl sites for hydroxylation is 2. The normalized spacial score (nSPS) is 13.0. The second-order valence-corrected chi connectivity index (χ2v) is 5.85. The molecule has 126 valence electrons. The van der Waals surface area contributed by atoms with Gasteiger partial charge in [-0.15, -0.1) is 6.58 Å². The summed E-state index contributed by atoms with van der Waals surface area (Å²) in [5, 5.41) is 3.34. The smallest absolute Gasteiger partial charge is 0.329 e. The molecule has 0 fully saturated rings. The van der Waals surface area contributed by atoms with Gasteiger partial charge in [0.05, 0.1) is 6.61 Å². The lowest BCUT2D eigenvalue weighted by atomic mass is 9.91. The summed E-state index contributed by atoms with van der Waals surface area (Å²) in [5.41, 5.74) is 4.33. The fourth-order valence-corrected chi connectivity index (χ4v) is 2.68. The molecule has 1 N–H and O–H groups in total. The average molecular weight is 323 g/mol. The van der Waals surface area contributed by atoms with Crippen LogP contribution >= 0.6 is 0 Å². The Morgan fingerprint density at radius 2 is 1.88 bits per heavy atom. The van der Waals surface area contributed by atoms with Crippen LogP contribution in [0.3, 0.4) is 0 Å². The molecule has 0 saturated heterocycles. The van der Waals surface area contributed by atoms with Crippen LogP contribution in [0.2, 0.25) is 0 Å². The van der Waals surface area contributed by atoms with Crippen molar-refractivity contribution >= 4 is 11.7 Å². The number of hydrogen-bond acceptors (Lipinski definition) is 3. The summed E-state index contributed by atoms with van der Waals surface area (Å²) < 4.78 is 5.29. The first-order valence-corrected chi connectivity index (χ1v) is 8.24. The quantitative estimate of drug-likeness (QED) is 0.597. The van der Waals surface area contributed by atoms with Gasteiger partial charge in [-0.25, -0.2) is 4.79 Å². The van der Waals surface area contributed by atoms with Crippen molar-refractivity contribution in [2.75, 3.05) is 11.9 Å². The maximum Gasteiger partial charge on any atom is 0.329 e. The standard InChI is InChI=1S/C21H25NO2/c1-5-19(17-10-8-7-9-11-17)20(21(23)24-6-2)22-18-13-12-15(3)16(4)14-18/h5,7-14,19-20,22H,1,6H2,2-4H3/t19-,20+/m0/s1. The second kappa shape index (κ2) is 8.34. The predicted molar refractivity (Wildman–Crippen MR) is 99.3 cm³/mol. The number of esters is 1. The molecule has 3 heteroatoms. The molecule has 0 unspecified atom stereocenters. The average Bonchev–Trinajstić information content (AvgIpc) is 2.59. The lowest BCUT2D eigenvalue weighted by molar-refractivity contribution is -0.144. The van der Waals surface area contributed by atoms with E-state index in [1.54, 1.807) is 6.08 Å². The van der Waals surface area contributed by atoms with Crippen LogP contribution in [-0.2, 0) is 9.53 Å². The van der Waals surface area contributed by atoms with Gasteiger partial charge in [0.25, 0.3) is 0 Å². The zero-order chi connectivity index (χ0) is 17.5. The van der Waals surface area contributed by atoms with Crippen LogP contribution in [0.4, 0.5) is 5.69 Å². The van der Waals surface area contributed by atoms with Crippen molar-refractivity contribution < 1.29 is 9.53 Å². The van der Waals surface area contributed by atoms with Crippen LogP contribution in [0.15, 0.2) is 61.2 Å². The lowest BCUT2D eigenvalue weighted by Gasteiger charge is -2.25. The van der Waals surface area contributed by atoms with E-state index in [2.05, 4.69) is 25.7 Å². The van der Waals surface area contributed by atoms with E-state index < -0.39 is 6.04 Å². The highest BCUT2D eigenvalue weighted by Gasteiger charge is 2.28. The summed E-state index contributed by atoms with van der Waals surface area (Å²) in [5.74, 6) is -0.448. The highest BCUT2D eigenvalue weighted by molar-refractivity contribution is 5.81. The van der Waals surface area contributed by atoms with Gasteiger partial charge in [0.1, 0.15) is 6.04 Å². The van der Waals surface area contributed by atoms with Gasteiger partial charge in [-0.3, -0.25) is 0 Å². The minimum Gasteiger partial charge on any atom is -0.464 e. The highest BCUT2D eigenvalue weighted by Crippen LogP contribution is 2.26. The van der Waals surface area contributed by atoms with Crippen molar-refractivity contribution in [2.45, 2.75) is 32.7 Å². The molecule has 24 heavy (non-hydrogen) atoms. The summed E-state index contributed by atoms with van der Waals surface area (Å²) in [6.45, 7) is 10.2. The molecule has 0 bridgehead atoms. The number of hydrogen-bond donors (Lipinski definition) is 1. The molecule has 0 aromatic heterocycles. The van der Waals surface area contributed by atoms with Crippen LogP contribution in [0.25, 0.3) is 0 Å². The number of nitrogens with one attached hydrogen (secondary N) is 1. The molecule has 0 heterocycles. The Bertz CT molecular complexity index is 694. The maximum atomic E-state index is 12.5. The summed E-state index contributed by atoms with van der Waals surface area (Å²) in [4.78, 5) is 12.5. The number of benzene rings is 2. The summed E-state index contributed by atoms with van der Waals surface area (Å²) >= 11 is 0. The van der Waals surface area contributed by atoms with E-state index in [-0.39, 0.29) is 11.9 Å². The summed E-state index contributed by atoms with van der Waals surface area (Å²) in [7, 11) is 0. The molecule has 0 spiro atoms. The first kappa shape index (κ1) is 17.8. The Balaban J connectivity index is 2.34. The molecule has 0 amide bonds. The highest BCUT2D eigenvalue weighted by atomic mass is 16.5. The first-order chi connectivity index (χ1) is 11.6. The zero-order valence-electron chi connectivity index (χ0n) is 14.6. The largest absolute Gasteiger partial charge is 0.464 e. The second-order valence-electron chi connectivity index (χ2n) is 5.85. The third kappa shape index (κ3) is 4.25. The van der Waals surface area contributed by atoms with Crippen LogP contribution in [0.1, 0.15) is 29.5 Å². The van der Waals surface area contributed by atoms with E-state index in [4.69, 9.17) is 4.74 Å². The third-order valence-electron chi connectivity index (χ3n) is 4.17. The first-order valence-electron chi connectivity index (χ1n) is 8.24. The predicted octanol–water partition coefficient (Wildman–Crippen LogP) is 4.62. The Morgan fingerprint density at radius 1 is 1.17 bits per heavy atom. The van der Waals surface area contributed by atoms with E-state index in [0.29, 0.717) is 6.61 Å². The molecule has 0 radical (unpaired) electrons. The van der Waals surface area contributed by atoms with E-state index >= 15 is 0 Å². The monoisotopic (exact) mass is 323 g/mol. The van der Waals surface area contributed by atoms with Gasteiger partial charge in [0, 0.05) is 11.6 Å². The van der Waals surface area contributed by atoms with Crippen LogP contribution < -0.4 is 5.32 Å². The fourth-order valence-electron chi connectivity index (χ4n) is 2.68. The molecule has 0 aliphatic rings. The van der Waals surface area contributed by atoms with Crippen molar-refractivity contribution in [2.24, 2.45) is 0 Å². The minimum absolute atomic E-state index is 0.174. The summed E-state index contributed by atoms with van der Waals surface area (Å²) in [6, 6.07) is 15.4. The molecule has 0 aliphatic carbocycles. The number of rotatable bonds is 7. The molecule has 2 aromatic carbocycles. The van der Waals surface area contributed by atoms with Crippen molar-refractivity contribution in [3.8, 4) is 0 Å². The molecule has 2 aromatic rings. The molecule has 3 nitrogen and oxygen atoms in total. The van der Waals surface area contributed by atoms with E-state index in [9.17, 15) is 4.79 Å². The van der Waals surface area contributed by atoms with Gasteiger partial charge in [0.15, 0.2) is 0 Å². The van der Waals surface area contributed by atoms with E-state index in [1.165, 1.54) is 11.1 Å². The Hall–Kier alpha value is -2.55. The van der Waals surface area contributed by atoms with Gasteiger partial charge in [-0.2, -0.15) is 0 Å². The SMILES string of the molecule is C=C[C@@H](c1ccccc1)[C@@H](Nc1ccc(C)c(C)c1)C(=O)OCC. The number of carbonyl (C=O) groups is 1.